The van der Waals surface area contributed by atoms with Crippen LogP contribution >= 0.6 is 0 Å². The molecule has 35 heavy (non-hydrogen) atoms. The average Bonchev–Trinajstić information content (AvgIpc) is 3.31. The monoisotopic (exact) mass is 482 g/mol. The summed E-state index contributed by atoms with van der Waals surface area (Å²) in [7, 11) is 1.95. The molecule has 0 aliphatic carbocycles. The quantitative estimate of drug-likeness (QED) is 0.106. The summed E-state index contributed by atoms with van der Waals surface area (Å²) in [6.07, 6.45) is 6.17. The van der Waals surface area contributed by atoms with Crippen LogP contribution in [0.4, 0.5) is 10.2 Å². The largest absolute Gasteiger partial charge is 0.411 e. The second kappa shape index (κ2) is 11.7. The Balaban J connectivity index is 0.000000320. The van der Waals surface area contributed by atoms with Crippen molar-refractivity contribution >= 4 is 34.6 Å². The van der Waals surface area contributed by atoms with Crippen molar-refractivity contribution in [2.24, 2.45) is 16.7 Å². The number of hydrazine groups is 1. The van der Waals surface area contributed by atoms with Gasteiger partial charge >= 0.3 is 0 Å². The van der Waals surface area contributed by atoms with Crippen LogP contribution in [0.1, 0.15) is 15.9 Å². The van der Waals surface area contributed by atoms with Gasteiger partial charge < -0.3 is 25.7 Å². The van der Waals surface area contributed by atoms with Gasteiger partial charge in [0.2, 0.25) is 0 Å². The second-order valence-electron chi connectivity index (χ2n) is 7.71. The molecule has 1 aliphatic heterocycles. The van der Waals surface area contributed by atoms with Gasteiger partial charge in [0.1, 0.15) is 0 Å². The fraction of sp³-hybridized carbons (Fsp3) is 0.217. The number of hydrogen-bond acceptors (Lipinski definition) is 9. The van der Waals surface area contributed by atoms with E-state index in [1.165, 1.54) is 29.7 Å². The molecule has 0 spiro atoms. The normalized spacial score (nSPS) is 14.3. The molecular formula is C23H27FN8O3. The predicted molar refractivity (Wildman–Crippen MR) is 130 cm³/mol. The number of halogens is 1. The van der Waals surface area contributed by atoms with Crippen LogP contribution in [0.25, 0.3) is 10.9 Å². The van der Waals surface area contributed by atoms with Crippen LogP contribution in [-0.4, -0.2) is 76.1 Å². The van der Waals surface area contributed by atoms with Gasteiger partial charge in [-0.05, 0) is 12.6 Å². The summed E-state index contributed by atoms with van der Waals surface area (Å²) < 4.78 is 14.4. The molecule has 0 atom stereocenters. The number of hydrogen-bond donors (Lipinski definition) is 4. The zero-order valence-electron chi connectivity index (χ0n) is 19.1. The van der Waals surface area contributed by atoms with E-state index in [0.717, 1.165) is 16.8 Å². The van der Waals surface area contributed by atoms with E-state index in [1.54, 1.807) is 0 Å². The number of ketones is 1. The van der Waals surface area contributed by atoms with Crippen LogP contribution in [0, 0.1) is 5.82 Å². The number of carbonyl (C=O) groups excluding carboxylic acids is 2. The van der Waals surface area contributed by atoms with Crippen molar-refractivity contribution in [1.82, 2.24) is 19.8 Å². The molecule has 6 N–H and O–H groups in total. The number of pyridine rings is 1. The lowest BCUT2D eigenvalue weighted by Gasteiger charge is -2.31. The molecule has 12 heteroatoms. The minimum atomic E-state index is -0.769. The lowest BCUT2D eigenvalue weighted by molar-refractivity contribution is -0.127. The Morgan fingerprint density at radius 1 is 1.23 bits per heavy atom. The standard InChI is InChI=1S/C16H20FN7O2.C7H7NO/c1-22-4-6-23(7-5-22)16(26)14(25)10-8-20-13-12(10)11(17)9-21-15(13)24(19)3-2-18;9-8-6-7-4-2-1-3-5-7/h2-3,8-9,20H,4-7,18-19H2,1H3;1-6,9H/b3-2-;. The van der Waals surface area contributed by atoms with E-state index in [-0.39, 0.29) is 22.3 Å². The summed E-state index contributed by atoms with van der Waals surface area (Å²) in [6.45, 7) is 2.28. The van der Waals surface area contributed by atoms with Gasteiger partial charge in [0.15, 0.2) is 11.6 Å². The van der Waals surface area contributed by atoms with Gasteiger partial charge in [-0.2, -0.15) is 0 Å². The van der Waals surface area contributed by atoms with Gasteiger partial charge in [0.25, 0.3) is 11.7 Å². The summed E-state index contributed by atoms with van der Waals surface area (Å²) >= 11 is 0. The van der Waals surface area contributed by atoms with Gasteiger partial charge in [-0.15, -0.1) is 0 Å². The zero-order chi connectivity index (χ0) is 25.4. The highest BCUT2D eigenvalue weighted by atomic mass is 19.1. The predicted octanol–water partition coefficient (Wildman–Crippen LogP) is 1.26. The molecule has 1 aliphatic rings. The Morgan fingerprint density at radius 2 is 1.91 bits per heavy atom. The number of likely N-dealkylation sites (N-methyl/N-ethyl adjacent to an activating group) is 1. The number of oxime groups is 1. The molecule has 1 fully saturated rings. The second-order valence-corrected chi connectivity index (χ2v) is 7.71. The number of H-pyrrole nitrogens is 1. The maximum absolute atomic E-state index is 14.4. The van der Waals surface area contributed by atoms with Crippen LogP contribution in [0.5, 0.6) is 0 Å². The molecule has 0 saturated carbocycles. The number of amides is 1. The first kappa shape index (κ1) is 25.3. The van der Waals surface area contributed by atoms with Crippen LogP contribution < -0.4 is 16.6 Å². The lowest BCUT2D eigenvalue weighted by atomic mass is 10.1. The van der Waals surface area contributed by atoms with Crippen molar-refractivity contribution in [2.45, 2.75) is 0 Å². The van der Waals surface area contributed by atoms with Crippen molar-refractivity contribution in [3.05, 3.63) is 72.1 Å². The molecule has 4 rings (SSSR count). The molecule has 2 aromatic heterocycles. The third-order valence-corrected chi connectivity index (χ3v) is 5.37. The molecule has 0 radical (unpaired) electrons. The average molecular weight is 483 g/mol. The van der Waals surface area contributed by atoms with E-state index in [2.05, 4.69) is 20.0 Å². The van der Waals surface area contributed by atoms with E-state index in [4.69, 9.17) is 16.8 Å². The van der Waals surface area contributed by atoms with Gasteiger partial charge in [-0.25, -0.2) is 15.2 Å². The topological polar surface area (TPSA) is 157 Å². The highest BCUT2D eigenvalue weighted by Gasteiger charge is 2.29. The number of anilines is 1. The van der Waals surface area contributed by atoms with E-state index in [0.29, 0.717) is 26.2 Å². The highest BCUT2D eigenvalue weighted by Crippen LogP contribution is 2.28. The van der Waals surface area contributed by atoms with Crippen molar-refractivity contribution in [2.75, 3.05) is 38.2 Å². The number of carbonyl (C=O) groups is 2. The number of nitrogens with two attached hydrogens (primary N) is 2. The Hall–Kier alpha value is -4.29. The molecule has 11 nitrogen and oxygen atoms in total. The van der Waals surface area contributed by atoms with Crippen LogP contribution in [-0.2, 0) is 4.79 Å². The van der Waals surface area contributed by atoms with Gasteiger partial charge in [0, 0.05) is 44.8 Å². The van der Waals surface area contributed by atoms with Gasteiger partial charge in [-0.3, -0.25) is 14.6 Å². The maximum Gasteiger partial charge on any atom is 0.295 e. The molecule has 0 bridgehead atoms. The molecular weight excluding hydrogens is 455 g/mol. The molecule has 3 aromatic rings. The van der Waals surface area contributed by atoms with Crippen molar-refractivity contribution in [1.29, 1.82) is 0 Å². The fourth-order valence-electron chi connectivity index (χ4n) is 3.51. The molecule has 0 unspecified atom stereocenters. The number of fused-ring (bicyclic) bond motifs is 1. The van der Waals surface area contributed by atoms with Crippen LogP contribution in [0.3, 0.4) is 0 Å². The number of nitrogens with zero attached hydrogens (tertiary/aromatic N) is 5. The number of aromatic amines is 1. The molecule has 1 amide bonds. The minimum absolute atomic E-state index is 0.0247. The first-order chi connectivity index (χ1) is 16.9. The van der Waals surface area contributed by atoms with Crippen molar-refractivity contribution in [3.8, 4) is 0 Å². The number of Topliss-reactive ketones (excluding diaryl/α,β-unsaturated/α-hetero) is 1. The third-order valence-electron chi connectivity index (χ3n) is 5.37. The van der Waals surface area contributed by atoms with Gasteiger partial charge in [-0.1, -0.05) is 35.5 Å². The van der Waals surface area contributed by atoms with E-state index >= 15 is 0 Å². The Kier molecular flexibility index (Phi) is 8.48. The first-order valence-electron chi connectivity index (χ1n) is 10.7. The number of piperazine rings is 1. The Morgan fingerprint density at radius 3 is 2.54 bits per heavy atom. The summed E-state index contributed by atoms with van der Waals surface area (Å²) in [5.74, 6) is 3.83. The smallest absolute Gasteiger partial charge is 0.295 e. The Bertz CT molecular complexity index is 1220. The van der Waals surface area contributed by atoms with Crippen molar-refractivity contribution < 1.29 is 19.2 Å². The van der Waals surface area contributed by atoms with Gasteiger partial charge in [0.05, 0.1) is 28.9 Å². The number of benzene rings is 1. The number of aromatic nitrogens is 2. The fourth-order valence-corrected chi connectivity index (χ4v) is 3.51. The third kappa shape index (κ3) is 5.99. The number of rotatable bonds is 5. The van der Waals surface area contributed by atoms with E-state index in [9.17, 15) is 14.0 Å². The van der Waals surface area contributed by atoms with E-state index in [1.807, 2.05) is 37.4 Å². The molecule has 1 saturated heterocycles. The number of nitrogens with one attached hydrogen (secondary N) is 1. The van der Waals surface area contributed by atoms with Crippen LogP contribution in [0.2, 0.25) is 0 Å². The lowest BCUT2D eigenvalue weighted by Crippen LogP contribution is -2.49. The summed E-state index contributed by atoms with van der Waals surface area (Å²) in [5, 5.41) is 12.0. The van der Waals surface area contributed by atoms with Crippen LogP contribution in [0.15, 0.2) is 60.3 Å². The highest BCUT2D eigenvalue weighted by molar-refractivity contribution is 6.45. The molecule has 3 heterocycles. The molecule has 1 aromatic carbocycles. The SMILES string of the molecule is CN1CCN(C(=O)C(=O)c2c[nH]c3c(N(N)/C=C\N)ncc(F)c23)CC1.ON=Cc1ccccc1. The summed E-state index contributed by atoms with van der Waals surface area (Å²) in [6, 6.07) is 9.40. The zero-order valence-corrected chi connectivity index (χ0v) is 19.1. The van der Waals surface area contributed by atoms with E-state index < -0.39 is 17.5 Å². The summed E-state index contributed by atoms with van der Waals surface area (Å²) in [5.41, 5.74) is 6.37. The minimum Gasteiger partial charge on any atom is -0.411 e. The summed E-state index contributed by atoms with van der Waals surface area (Å²) in [4.78, 5) is 35.4. The van der Waals surface area contributed by atoms with Crippen molar-refractivity contribution in [3.63, 3.8) is 0 Å². The maximum atomic E-state index is 14.4. The first-order valence-corrected chi connectivity index (χ1v) is 10.7. The Labute approximate surface area is 201 Å². The molecule has 184 valence electrons.